The number of nitrogens with one attached hydrogen (secondary N) is 2. The number of nitrogens with zero attached hydrogens (tertiary/aromatic N) is 1. The fourth-order valence-electron chi connectivity index (χ4n) is 3.51. The summed E-state index contributed by atoms with van der Waals surface area (Å²) in [5.74, 6) is 1.52. The van der Waals surface area contributed by atoms with Gasteiger partial charge in [0.1, 0.15) is 5.82 Å². The number of rotatable bonds is 6. The first kappa shape index (κ1) is 24.1. The molecule has 0 saturated heterocycles. The first-order chi connectivity index (χ1) is 12.3. The Kier molecular flexibility index (Phi) is 10.0. The summed E-state index contributed by atoms with van der Waals surface area (Å²) in [5, 5.41) is 6.52. The van der Waals surface area contributed by atoms with Gasteiger partial charge in [-0.2, -0.15) is 0 Å². The Balaban J connectivity index is 0.00000364. The van der Waals surface area contributed by atoms with Crippen molar-refractivity contribution in [3.8, 4) is 0 Å². The highest BCUT2D eigenvalue weighted by atomic mass is 127. The molecule has 27 heavy (non-hydrogen) atoms. The number of sulfone groups is 1. The Morgan fingerprint density at radius 3 is 2.56 bits per heavy atom. The van der Waals surface area contributed by atoms with Gasteiger partial charge in [-0.05, 0) is 41.5 Å². The summed E-state index contributed by atoms with van der Waals surface area (Å²) in [6.45, 7) is 3.48. The van der Waals surface area contributed by atoms with Crippen LogP contribution < -0.4 is 10.6 Å². The van der Waals surface area contributed by atoms with Crippen LogP contribution in [0.2, 0.25) is 0 Å². The van der Waals surface area contributed by atoms with Crippen LogP contribution in [0.3, 0.4) is 0 Å². The van der Waals surface area contributed by atoms with Gasteiger partial charge >= 0.3 is 0 Å². The largest absolute Gasteiger partial charge is 0.356 e. The summed E-state index contributed by atoms with van der Waals surface area (Å²) in [4.78, 5) is 4.22. The van der Waals surface area contributed by atoms with Gasteiger partial charge in [0.15, 0.2) is 15.8 Å². The molecule has 0 spiro atoms. The lowest BCUT2D eigenvalue weighted by Crippen LogP contribution is -2.41. The maximum Gasteiger partial charge on any atom is 0.191 e. The van der Waals surface area contributed by atoms with E-state index in [-0.39, 0.29) is 35.5 Å². The van der Waals surface area contributed by atoms with E-state index in [1.54, 1.807) is 7.05 Å². The van der Waals surface area contributed by atoms with Crippen LogP contribution in [-0.4, -0.2) is 34.2 Å². The molecule has 2 rings (SSSR count). The zero-order valence-electron chi connectivity index (χ0n) is 16.3. The van der Waals surface area contributed by atoms with E-state index < -0.39 is 9.84 Å². The maximum absolute atomic E-state index is 13.6. The summed E-state index contributed by atoms with van der Waals surface area (Å²) in [6, 6.07) is 4.21. The molecular weight excluding hydrogens is 480 g/mol. The van der Waals surface area contributed by atoms with Crippen molar-refractivity contribution >= 4 is 39.8 Å². The van der Waals surface area contributed by atoms with Crippen LogP contribution in [-0.2, 0) is 22.1 Å². The zero-order chi connectivity index (χ0) is 19.2. The predicted molar refractivity (Wildman–Crippen MR) is 120 cm³/mol. The third kappa shape index (κ3) is 8.33. The molecule has 1 aliphatic rings. The van der Waals surface area contributed by atoms with Crippen molar-refractivity contribution in [3.05, 3.63) is 35.1 Å². The minimum absolute atomic E-state index is 0. The van der Waals surface area contributed by atoms with Gasteiger partial charge in [0.25, 0.3) is 0 Å². The molecular formula is C19H31FIN3O2S. The second kappa shape index (κ2) is 11.2. The summed E-state index contributed by atoms with van der Waals surface area (Å²) in [5.41, 5.74) is 1.24. The average Bonchev–Trinajstić information content (AvgIpc) is 2.57. The first-order valence-corrected chi connectivity index (χ1v) is 11.2. The fourth-order valence-corrected chi connectivity index (χ4v) is 4.35. The van der Waals surface area contributed by atoms with Crippen molar-refractivity contribution < 1.29 is 12.8 Å². The van der Waals surface area contributed by atoms with Gasteiger partial charge < -0.3 is 10.6 Å². The second-order valence-electron chi connectivity index (χ2n) is 7.31. The highest BCUT2D eigenvalue weighted by molar-refractivity contribution is 14.0. The molecule has 5 nitrogen and oxygen atoms in total. The second-order valence-corrected chi connectivity index (χ2v) is 9.45. The molecule has 0 radical (unpaired) electrons. The average molecular weight is 511 g/mol. The van der Waals surface area contributed by atoms with E-state index in [1.165, 1.54) is 50.1 Å². The summed E-state index contributed by atoms with van der Waals surface area (Å²) < 4.78 is 36.8. The fraction of sp³-hybridized carbons (Fsp3) is 0.632. The minimum Gasteiger partial charge on any atom is -0.356 e. The lowest BCUT2D eigenvalue weighted by atomic mass is 9.80. The van der Waals surface area contributed by atoms with Crippen LogP contribution in [0.25, 0.3) is 0 Å². The van der Waals surface area contributed by atoms with E-state index in [9.17, 15) is 12.8 Å². The molecule has 0 amide bonds. The summed E-state index contributed by atoms with van der Waals surface area (Å²) >= 11 is 0. The zero-order valence-corrected chi connectivity index (χ0v) is 19.4. The van der Waals surface area contributed by atoms with Crippen molar-refractivity contribution in [1.29, 1.82) is 0 Å². The normalized spacial score (nSPS) is 20.7. The number of aliphatic imine (C=N–C) groups is 1. The Hall–Kier alpha value is -0.900. The number of halogens is 2. The lowest BCUT2D eigenvalue weighted by molar-refractivity contribution is 0.256. The smallest absolute Gasteiger partial charge is 0.191 e. The molecule has 1 fully saturated rings. The Labute approximate surface area is 179 Å². The molecule has 1 saturated carbocycles. The van der Waals surface area contributed by atoms with Crippen molar-refractivity contribution in [3.63, 3.8) is 0 Å². The standard InChI is InChI=1S/C19H30FN3O2S.HI/c1-14-6-4-5-7-15(14)11-22-19(21-2)23-12-17-10-18(20)9-8-16(17)13-26(3,24)25;/h8-10,14-15H,4-7,11-13H2,1-3H3,(H2,21,22,23);1H. The third-order valence-corrected chi connectivity index (χ3v) is 5.91. The topological polar surface area (TPSA) is 70.6 Å². The van der Waals surface area contributed by atoms with Crippen molar-refractivity contribution in [2.75, 3.05) is 19.8 Å². The van der Waals surface area contributed by atoms with E-state index >= 15 is 0 Å². The van der Waals surface area contributed by atoms with Crippen molar-refractivity contribution in [1.82, 2.24) is 10.6 Å². The minimum atomic E-state index is -3.18. The van der Waals surface area contributed by atoms with Crippen molar-refractivity contribution in [2.24, 2.45) is 16.8 Å². The highest BCUT2D eigenvalue weighted by Crippen LogP contribution is 2.28. The highest BCUT2D eigenvalue weighted by Gasteiger charge is 2.21. The molecule has 2 N–H and O–H groups in total. The molecule has 0 heterocycles. The molecule has 1 aromatic carbocycles. The van der Waals surface area contributed by atoms with E-state index in [1.807, 2.05) is 0 Å². The van der Waals surface area contributed by atoms with Gasteiger partial charge in [-0.25, -0.2) is 12.8 Å². The Morgan fingerprint density at radius 2 is 1.93 bits per heavy atom. The van der Waals surface area contributed by atoms with Crippen LogP contribution >= 0.6 is 24.0 Å². The maximum atomic E-state index is 13.6. The van der Waals surface area contributed by atoms with Gasteiger partial charge in [0, 0.05) is 26.4 Å². The lowest BCUT2D eigenvalue weighted by Gasteiger charge is -2.29. The van der Waals surface area contributed by atoms with Gasteiger partial charge in [-0.15, -0.1) is 24.0 Å². The molecule has 0 aromatic heterocycles. The third-order valence-electron chi connectivity index (χ3n) is 5.08. The summed E-state index contributed by atoms with van der Waals surface area (Å²) in [7, 11) is -1.49. The SMILES string of the molecule is CN=C(NCc1cc(F)ccc1CS(C)(=O)=O)NCC1CCCCC1C.I. The Morgan fingerprint density at radius 1 is 1.22 bits per heavy atom. The van der Waals surface area contributed by atoms with Gasteiger partial charge in [0.2, 0.25) is 0 Å². The van der Waals surface area contributed by atoms with Crippen LogP contribution in [0, 0.1) is 17.7 Å². The number of benzene rings is 1. The molecule has 8 heteroatoms. The van der Waals surface area contributed by atoms with Crippen LogP contribution in [0.15, 0.2) is 23.2 Å². The first-order valence-electron chi connectivity index (χ1n) is 9.18. The van der Waals surface area contributed by atoms with E-state index in [2.05, 4.69) is 22.5 Å². The molecule has 0 aliphatic heterocycles. The number of hydrogen-bond acceptors (Lipinski definition) is 3. The molecule has 1 aromatic rings. The molecule has 0 bridgehead atoms. The predicted octanol–water partition coefficient (Wildman–Crippen LogP) is 3.48. The van der Waals surface area contributed by atoms with E-state index in [4.69, 9.17) is 0 Å². The number of hydrogen-bond donors (Lipinski definition) is 2. The monoisotopic (exact) mass is 511 g/mol. The van der Waals surface area contributed by atoms with Gasteiger partial charge in [-0.3, -0.25) is 4.99 Å². The van der Waals surface area contributed by atoms with E-state index in [0.717, 1.165) is 6.54 Å². The summed E-state index contributed by atoms with van der Waals surface area (Å²) in [6.07, 6.45) is 6.28. The van der Waals surface area contributed by atoms with Gasteiger partial charge in [0.05, 0.1) is 5.75 Å². The molecule has 154 valence electrons. The van der Waals surface area contributed by atoms with Gasteiger partial charge in [-0.1, -0.05) is 32.3 Å². The molecule has 2 atom stereocenters. The molecule has 2 unspecified atom stereocenters. The van der Waals surface area contributed by atoms with Crippen LogP contribution in [0.1, 0.15) is 43.7 Å². The van der Waals surface area contributed by atoms with Crippen molar-refractivity contribution in [2.45, 2.75) is 44.9 Å². The van der Waals surface area contributed by atoms with Crippen LogP contribution in [0.5, 0.6) is 0 Å². The van der Waals surface area contributed by atoms with Crippen LogP contribution in [0.4, 0.5) is 4.39 Å². The Bertz CT molecular complexity index is 740. The quantitative estimate of drug-likeness (QED) is 0.349. The number of guanidine groups is 1. The van der Waals surface area contributed by atoms with E-state index in [0.29, 0.717) is 35.5 Å². The molecule has 1 aliphatic carbocycles.